The van der Waals surface area contributed by atoms with Gasteiger partial charge in [0.15, 0.2) is 0 Å². The minimum absolute atomic E-state index is 0.0761. The fourth-order valence-electron chi connectivity index (χ4n) is 0.430. The van der Waals surface area contributed by atoms with Gasteiger partial charge in [0.2, 0.25) is 0 Å². The van der Waals surface area contributed by atoms with Gasteiger partial charge in [0, 0.05) is 0 Å². The lowest BCUT2D eigenvalue weighted by molar-refractivity contribution is 1.50. The molecule has 0 heterocycles. The Morgan fingerprint density at radius 1 is 1.67 bits per heavy atom. The predicted octanol–water partition coefficient (Wildman–Crippen LogP) is 2.41. The fraction of sp³-hybridized carbons (Fsp3) is 1.00. The van der Waals surface area contributed by atoms with E-state index in [1.165, 1.54) is 12.8 Å². The van der Waals surface area contributed by atoms with E-state index in [-0.39, 0.29) is 7.27 Å². The Balaban J connectivity index is 2.13. The molecule has 1 aliphatic rings. The topological polar surface area (TPSA) is 0 Å². The Morgan fingerprint density at radius 2 is 2.17 bits per heavy atom. The molecule has 1 rings (SSSR count). The molecule has 1 fully saturated rings. The van der Waals surface area contributed by atoms with Gasteiger partial charge in [-0.15, -0.1) is 0 Å². The van der Waals surface area contributed by atoms with E-state index < -0.39 is 0 Å². The summed E-state index contributed by atoms with van der Waals surface area (Å²) in [4.78, 5) is 0. The third-order valence-corrected chi connectivity index (χ3v) is 3.40. The molecule has 1 aliphatic carbocycles. The van der Waals surface area contributed by atoms with Crippen LogP contribution < -0.4 is 0 Å². The molecule has 0 aromatic heterocycles. The van der Waals surface area contributed by atoms with Gasteiger partial charge in [-0.05, 0) is 32.4 Å². The van der Waals surface area contributed by atoms with Crippen molar-refractivity contribution < 1.29 is 0 Å². The highest BCUT2D eigenvalue weighted by molar-refractivity contribution is 7.84. The highest BCUT2D eigenvalue weighted by Gasteiger charge is 2.25. The van der Waals surface area contributed by atoms with Crippen LogP contribution in [0.4, 0.5) is 0 Å². The largest absolute Gasteiger partial charge is 0.0964 e. The molecule has 0 aromatic carbocycles. The second kappa shape index (κ2) is 1.68. The van der Waals surface area contributed by atoms with Crippen LogP contribution in [0.2, 0.25) is 0 Å². The van der Waals surface area contributed by atoms with Crippen molar-refractivity contribution in [2.24, 2.45) is 0 Å². The summed E-state index contributed by atoms with van der Waals surface area (Å²) in [5.41, 5.74) is 0.932. The van der Waals surface area contributed by atoms with E-state index in [1.807, 2.05) is 0 Å². The molecule has 1 saturated carbocycles. The second-order valence-electron chi connectivity index (χ2n) is 1.76. The van der Waals surface area contributed by atoms with Crippen molar-refractivity contribution in [2.75, 3.05) is 6.66 Å². The van der Waals surface area contributed by atoms with Crippen molar-refractivity contribution in [3.05, 3.63) is 0 Å². The standard InChI is InChI=1S/C4H8ClP/c1-6(5)4-2-3-4/h4H,2-3H2,1H3. The molecule has 0 bridgehead atoms. The van der Waals surface area contributed by atoms with Crippen LogP contribution in [0.1, 0.15) is 12.8 Å². The predicted molar refractivity (Wildman–Crippen MR) is 31.7 cm³/mol. The Labute approximate surface area is 44.4 Å². The number of hydrogen-bond donors (Lipinski definition) is 0. The molecule has 1 unspecified atom stereocenters. The van der Waals surface area contributed by atoms with Crippen LogP contribution in [-0.4, -0.2) is 12.3 Å². The minimum atomic E-state index is -0.0761. The molecule has 0 amide bonds. The number of halogens is 1. The lowest BCUT2D eigenvalue weighted by atomic mass is 11.0. The van der Waals surface area contributed by atoms with Gasteiger partial charge in [0.25, 0.3) is 0 Å². The summed E-state index contributed by atoms with van der Waals surface area (Å²) >= 11 is 5.74. The van der Waals surface area contributed by atoms with E-state index in [2.05, 4.69) is 6.66 Å². The second-order valence-corrected chi connectivity index (χ2v) is 5.14. The molecular formula is C4H8ClP. The zero-order valence-electron chi connectivity index (χ0n) is 3.82. The van der Waals surface area contributed by atoms with Crippen molar-refractivity contribution >= 4 is 18.5 Å². The van der Waals surface area contributed by atoms with E-state index in [0.717, 1.165) is 5.66 Å². The molecule has 0 spiro atoms. The van der Waals surface area contributed by atoms with Crippen LogP contribution in [0.25, 0.3) is 0 Å². The first kappa shape index (κ1) is 4.87. The zero-order valence-corrected chi connectivity index (χ0v) is 5.47. The van der Waals surface area contributed by atoms with E-state index in [9.17, 15) is 0 Å². The lowest BCUT2D eigenvalue weighted by Crippen LogP contribution is -1.64. The first-order valence-corrected chi connectivity index (χ1v) is 4.95. The Morgan fingerprint density at radius 3 is 2.17 bits per heavy atom. The van der Waals surface area contributed by atoms with Crippen molar-refractivity contribution in [1.82, 2.24) is 0 Å². The first-order valence-electron chi connectivity index (χ1n) is 2.19. The van der Waals surface area contributed by atoms with Crippen molar-refractivity contribution in [2.45, 2.75) is 18.5 Å². The van der Waals surface area contributed by atoms with Crippen LogP contribution in [0.5, 0.6) is 0 Å². The first-order chi connectivity index (χ1) is 2.80. The van der Waals surface area contributed by atoms with Gasteiger partial charge in [0.1, 0.15) is 0 Å². The van der Waals surface area contributed by atoms with Crippen LogP contribution in [0.15, 0.2) is 0 Å². The Kier molecular flexibility index (Phi) is 1.36. The molecule has 0 N–H and O–H groups in total. The van der Waals surface area contributed by atoms with Crippen LogP contribution in [0, 0.1) is 0 Å². The van der Waals surface area contributed by atoms with Gasteiger partial charge in [0.05, 0.1) is 0 Å². The maximum absolute atomic E-state index is 5.74. The van der Waals surface area contributed by atoms with Gasteiger partial charge < -0.3 is 0 Å². The maximum Gasteiger partial charge on any atom is -0.00725 e. The van der Waals surface area contributed by atoms with Crippen LogP contribution in [0.3, 0.4) is 0 Å². The Hall–Kier alpha value is 0.720. The van der Waals surface area contributed by atoms with E-state index in [1.54, 1.807) is 0 Å². The summed E-state index contributed by atoms with van der Waals surface area (Å²) in [5, 5.41) is 0. The zero-order chi connectivity index (χ0) is 4.57. The Bertz CT molecular complexity index is 49.5. The van der Waals surface area contributed by atoms with Crippen LogP contribution >= 0.6 is 18.5 Å². The summed E-state index contributed by atoms with van der Waals surface area (Å²) in [7, 11) is -0.0761. The van der Waals surface area contributed by atoms with E-state index >= 15 is 0 Å². The molecule has 6 heavy (non-hydrogen) atoms. The molecule has 0 nitrogen and oxygen atoms in total. The van der Waals surface area contributed by atoms with E-state index in [0.29, 0.717) is 0 Å². The minimum Gasteiger partial charge on any atom is -0.0964 e. The fourth-order valence-corrected chi connectivity index (χ4v) is 1.88. The molecule has 0 radical (unpaired) electrons. The van der Waals surface area contributed by atoms with Crippen molar-refractivity contribution in [1.29, 1.82) is 0 Å². The molecule has 36 valence electrons. The molecular weight excluding hydrogens is 114 g/mol. The van der Waals surface area contributed by atoms with Gasteiger partial charge >= 0.3 is 0 Å². The maximum atomic E-state index is 5.74. The van der Waals surface area contributed by atoms with E-state index in [4.69, 9.17) is 11.2 Å². The highest BCUT2D eigenvalue weighted by atomic mass is 35.7. The summed E-state index contributed by atoms with van der Waals surface area (Å²) < 4.78 is 0. The monoisotopic (exact) mass is 122 g/mol. The average Bonchev–Trinajstić information content (AvgIpc) is 2.06. The average molecular weight is 123 g/mol. The molecule has 1 atom stereocenters. The molecule has 2 heteroatoms. The number of hydrogen-bond acceptors (Lipinski definition) is 0. The molecule has 0 saturated heterocycles. The summed E-state index contributed by atoms with van der Waals surface area (Å²) in [6.45, 7) is 2.13. The highest BCUT2D eigenvalue weighted by Crippen LogP contribution is 2.54. The summed E-state index contributed by atoms with van der Waals surface area (Å²) in [6, 6.07) is 0. The molecule has 0 aromatic rings. The van der Waals surface area contributed by atoms with Gasteiger partial charge in [-0.25, -0.2) is 0 Å². The van der Waals surface area contributed by atoms with Gasteiger partial charge in [-0.1, -0.05) is 11.2 Å². The third-order valence-electron chi connectivity index (χ3n) is 1.05. The van der Waals surface area contributed by atoms with Crippen molar-refractivity contribution in [3.8, 4) is 0 Å². The smallest absolute Gasteiger partial charge is 0.00725 e. The van der Waals surface area contributed by atoms with Gasteiger partial charge in [-0.2, -0.15) is 0 Å². The summed E-state index contributed by atoms with van der Waals surface area (Å²) in [5.74, 6) is 0. The van der Waals surface area contributed by atoms with Crippen molar-refractivity contribution in [3.63, 3.8) is 0 Å². The quantitative estimate of drug-likeness (QED) is 0.469. The number of rotatable bonds is 1. The lowest BCUT2D eigenvalue weighted by Gasteiger charge is -1.91. The SMILES string of the molecule is CP(Cl)C1CC1. The third kappa shape index (κ3) is 1.10. The van der Waals surface area contributed by atoms with Gasteiger partial charge in [-0.3, -0.25) is 0 Å². The molecule has 0 aliphatic heterocycles. The normalized spacial score (nSPS) is 27.0. The van der Waals surface area contributed by atoms with Crippen LogP contribution in [-0.2, 0) is 0 Å². The summed E-state index contributed by atoms with van der Waals surface area (Å²) in [6.07, 6.45) is 2.79.